The van der Waals surface area contributed by atoms with Crippen LogP contribution < -0.4 is 4.57 Å². The Balaban J connectivity index is 1.96. The van der Waals surface area contributed by atoms with E-state index in [0.717, 1.165) is 49.7 Å². The molecule has 0 aliphatic heterocycles. The van der Waals surface area contributed by atoms with E-state index < -0.39 is 0 Å². The van der Waals surface area contributed by atoms with Crippen molar-refractivity contribution in [3.63, 3.8) is 0 Å². The number of aromatic nitrogens is 2. The number of benzene rings is 3. The summed E-state index contributed by atoms with van der Waals surface area (Å²) in [7, 11) is 2.00. The van der Waals surface area contributed by atoms with Crippen molar-refractivity contribution in [3.05, 3.63) is 72.1 Å². The minimum atomic E-state index is 0.632. The van der Waals surface area contributed by atoms with Gasteiger partial charge in [-0.25, -0.2) is 4.57 Å². The van der Waals surface area contributed by atoms with Crippen LogP contribution in [0.3, 0.4) is 0 Å². The number of nitriles is 1. The lowest BCUT2D eigenvalue weighted by Gasteiger charge is -2.09. The minimum absolute atomic E-state index is 0.632. The quantitative estimate of drug-likeness (QED) is 0.408. The van der Waals surface area contributed by atoms with Crippen LogP contribution in [0.1, 0.15) is 11.1 Å². The number of furan rings is 1. The van der Waals surface area contributed by atoms with E-state index in [1.807, 2.05) is 48.3 Å². The van der Waals surface area contributed by atoms with Gasteiger partial charge >= 0.3 is 0 Å². The third-order valence-corrected chi connectivity index (χ3v) is 5.10. The maximum absolute atomic E-state index is 9.25. The summed E-state index contributed by atoms with van der Waals surface area (Å²) >= 11 is 0. The van der Waals surface area contributed by atoms with Gasteiger partial charge in [0.15, 0.2) is 5.52 Å². The van der Waals surface area contributed by atoms with E-state index >= 15 is 0 Å². The Labute approximate surface area is 155 Å². The van der Waals surface area contributed by atoms with Gasteiger partial charge in [-0.1, -0.05) is 24.3 Å². The molecule has 3 aromatic carbocycles. The van der Waals surface area contributed by atoms with Crippen molar-refractivity contribution in [2.45, 2.75) is 6.92 Å². The molecule has 0 saturated heterocycles. The Kier molecular flexibility index (Phi) is 3.25. The Hall–Kier alpha value is -3.71. The van der Waals surface area contributed by atoms with E-state index in [9.17, 15) is 5.26 Å². The fraction of sp³-hybridized carbons (Fsp3) is 0.0870. The summed E-state index contributed by atoms with van der Waals surface area (Å²) in [6.45, 7) is 2.10. The summed E-state index contributed by atoms with van der Waals surface area (Å²) in [6, 6.07) is 20.1. The molecule has 0 unspecified atom stereocenters. The summed E-state index contributed by atoms with van der Waals surface area (Å²) in [6.07, 6.45) is 1.84. The molecule has 5 aromatic rings. The second-order valence-electron chi connectivity index (χ2n) is 6.78. The lowest BCUT2D eigenvalue weighted by atomic mass is 9.98. The molecule has 128 valence electrons. The van der Waals surface area contributed by atoms with Crippen molar-refractivity contribution in [2.24, 2.45) is 7.05 Å². The summed E-state index contributed by atoms with van der Waals surface area (Å²) in [4.78, 5) is 4.54. The molecule has 0 amide bonds. The lowest BCUT2D eigenvalue weighted by molar-refractivity contribution is -0.662. The number of hydrogen-bond acceptors (Lipinski definition) is 3. The van der Waals surface area contributed by atoms with Gasteiger partial charge in [-0.3, -0.25) is 0 Å². The topological polar surface area (TPSA) is 53.7 Å². The fourth-order valence-corrected chi connectivity index (χ4v) is 3.80. The third kappa shape index (κ3) is 2.22. The normalized spacial score (nSPS) is 11.3. The zero-order valence-corrected chi connectivity index (χ0v) is 15.0. The van der Waals surface area contributed by atoms with Crippen LogP contribution in [0.25, 0.3) is 44.1 Å². The Morgan fingerprint density at radius 2 is 1.85 bits per heavy atom. The SMILES string of the molecule is Cc1ccc2c(oc3ccc(C#N)cc32)c1-c1c2ccccc2nc[n+]1C. The van der Waals surface area contributed by atoms with Crippen molar-refractivity contribution in [2.75, 3.05) is 0 Å². The van der Waals surface area contributed by atoms with E-state index in [1.165, 1.54) is 0 Å². The zero-order chi connectivity index (χ0) is 18.5. The van der Waals surface area contributed by atoms with Crippen LogP contribution in [-0.4, -0.2) is 4.98 Å². The van der Waals surface area contributed by atoms with Gasteiger partial charge in [0.2, 0.25) is 0 Å². The molecular formula is C23H16N3O+. The largest absolute Gasteiger partial charge is 0.455 e. The Morgan fingerprint density at radius 1 is 1.00 bits per heavy atom. The molecule has 0 saturated carbocycles. The number of aryl methyl sites for hydroxylation is 2. The van der Waals surface area contributed by atoms with Crippen molar-refractivity contribution in [1.82, 2.24) is 4.98 Å². The summed E-state index contributed by atoms with van der Waals surface area (Å²) in [5.74, 6) is 0. The van der Waals surface area contributed by atoms with Crippen LogP contribution in [0.5, 0.6) is 0 Å². The van der Waals surface area contributed by atoms with Crippen LogP contribution in [0, 0.1) is 18.3 Å². The maximum Gasteiger partial charge on any atom is 0.287 e. The highest BCUT2D eigenvalue weighted by Crippen LogP contribution is 2.38. The van der Waals surface area contributed by atoms with Crippen LogP contribution >= 0.6 is 0 Å². The molecule has 4 heteroatoms. The molecule has 0 bridgehead atoms. The average Bonchev–Trinajstić information content (AvgIpc) is 3.06. The van der Waals surface area contributed by atoms with Gasteiger partial charge in [-0.05, 0) is 47.8 Å². The molecule has 0 fully saturated rings. The van der Waals surface area contributed by atoms with Crippen LogP contribution in [0.2, 0.25) is 0 Å². The highest BCUT2D eigenvalue weighted by atomic mass is 16.3. The molecule has 0 aliphatic rings. The molecule has 2 heterocycles. The standard InChI is InChI=1S/C23H16N3O/c1-14-7-9-16-18-11-15(12-24)8-10-20(18)27-23(16)21(14)22-17-5-3-4-6-19(17)25-13-26(22)2/h3-11,13H,1-2H3/q+1. The van der Waals surface area contributed by atoms with E-state index in [0.29, 0.717) is 5.56 Å². The van der Waals surface area contributed by atoms with Gasteiger partial charge in [0.25, 0.3) is 6.33 Å². The predicted molar refractivity (Wildman–Crippen MR) is 105 cm³/mol. The Morgan fingerprint density at radius 3 is 2.70 bits per heavy atom. The summed E-state index contributed by atoms with van der Waals surface area (Å²) in [5, 5.41) is 12.3. The Bertz CT molecular complexity index is 1410. The fourth-order valence-electron chi connectivity index (χ4n) is 3.80. The number of hydrogen-bond donors (Lipinski definition) is 0. The van der Waals surface area contributed by atoms with E-state index in [2.05, 4.69) is 36.2 Å². The molecular weight excluding hydrogens is 334 g/mol. The second-order valence-corrected chi connectivity index (χ2v) is 6.78. The third-order valence-electron chi connectivity index (χ3n) is 5.10. The number of fused-ring (bicyclic) bond motifs is 4. The van der Waals surface area contributed by atoms with Crippen LogP contribution in [-0.2, 0) is 7.05 Å². The number of para-hydroxylation sites is 1. The maximum atomic E-state index is 9.25. The predicted octanol–water partition coefficient (Wildman–Crippen LogP) is 4.81. The van der Waals surface area contributed by atoms with Gasteiger partial charge in [-0.2, -0.15) is 5.26 Å². The average molecular weight is 350 g/mol. The number of nitrogens with zero attached hydrogens (tertiary/aromatic N) is 3. The van der Waals surface area contributed by atoms with Gasteiger partial charge in [0, 0.05) is 10.8 Å². The van der Waals surface area contributed by atoms with E-state index in [-0.39, 0.29) is 0 Å². The molecule has 0 N–H and O–H groups in total. The van der Waals surface area contributed by atoms with Gasteiger partial charge in [0.05, 0.1) is 29.6 Å². The molecule has 27 heavy (non-hydrogen) atoms. The van der Waals surface area contributed by atoms with Crippen molar-refractivity contribution < 1.29 is 8.98 Å². The first-order chi connectivity index (χ1) is 13.2. The highest BCUT2D eigenvalue weighted by Gasteiger charge is 2.22. The summed E-state index contributed by atoms with van der Waals surface area (Å²) in [5.41, 5.74) is 6.47. The van der Waals surface area contributed by atoms with Crippen molar-refractivity contribution in [1.29, 1.82) is 5.26 Å². The van der Waals surface area contributed by atoms with Gasteiger partial charge in [0.1, 0.15) is 16.9 Å². The van der Waals surface area contributed by atoms with Crippen molar-refractivity contribution >= 4 is 32.8 Å². The van der Waals surface area contributed by atoms with Gasteiger partial charge < -0.3 is 4.42 Å². The molecule has 4 nitrogen and oxygen atoms in total. The van der Waals surface area contributed by atoms with E-state index in [1.54, 1.807) is 6.07 Å². The lowest BCUT2D eigenvalue weighted by Crippen LogP contribution is -2.31. The first-order valence-electron chi connectivity index (χ1n) is 8.77. The van der Waals surface area contributed by atoms with E-state index in [4.69, 9.17) is 4.42 Å². The molecule has 0 atom stereocenters. The molecule has 5 rings (SSSR count). The minimum Gasteiger partial charge on any atom is -0.455 e. The smallest absolute Gasteiger partial charge is 0.287 e. The second kappa shape index (κ2) is 5.65. The zero-order valence-electron chi connectivity index (χ0n) is 15.0. The molecule has 0 spiro atoms. The van der Waals surface area contributed by atoms with Crippen LogP contribution in [0.15, 0.2) is 65.3 Å². The first kappa shape index (κ1) is 15.5. The first-order valence-corrected chi connectivity index (χ1v) is 8.77. The monoisotopic (exact) mass is 350 g/mol. The van der Waals surface area contributed by atoms with Crippen molar-refractivity contribution in [3.8, 4) is 17.3 Å². The molecule has 2 aromatic heterocycles. The highest BCUT2D eigenvalue weighted by molar-refractivity contribution is 6.11. The van der Waals surface area contributed by atoms with Gasteiger partial charge in [-0.15, -0.1) is 0 Å². The molecule has 0 radical (unpaired) electrons. The molecule has 0 aliphatic carbocycles. The number of rotatable bonds is 1. The summed E-state index contributed by atoms with van der Waals surface area (Å²) < 4.78 is 8.32. The van der Waals surface area contributed by atoms with Crippen LogP contribution in [0.4, 0.5) is 0 Å².